The van der Waals surface area contributed by atoms with Crippen molar-refractivity contribution in [1.29, 1.82) is 0 Å². The molecule has 0 fully saturated rings. The van der Waals surface area contributed by atoms with Crippen molar-refractivity contribution in [2.75, 3.05) is 0 Å². The molecule has 0 heterocycles. The highest BCUT2D eigenvalue weighted by Crippen LogP contribution is 2.40. The van der Waals surface area contributed by atoms with E-state index in [1.165, 1.54) is 0 Å². The zero-order valence-electron chi connectivity index (χ0n) is 9.45. The second-order valence-electron chi connectivity index (χ2n) is 3.91. The van der Waals surface area contributed by atoms with Crippen molar-refractivity contribution < 1.29 is 39.9 Å². The highest BCUT2D eigenvalue weighted by Gasteiger charge is 2.60. The lowest BCUT2D eigenvalue weighted by atomic mass is 9.96. The first-order valence-electron chi connectivity index (χ1n) is 5.03. The molecule has 0 spiro atoms. The van der Waals surface area contributed by atoms with Gasteiger partial charge in [-0.2, -0.15) is 26.3 Å². The summed E-state index contributed by atoms with van der Waals surface area (Å²) in [4.78, 5) is 11.1. The molecule has 20 heavy (non-hydrogen) atoms. The third-order valence-electron chi connectivity index (χ3n) is 2.34. The molecule has 1 aromatic rings. The van der Waals surface area contributed by atoms with E-state index in [-0.39, 0.29) is 0 Å². The molecule has 0 N–H and O–H groups in total. The predicted molar refractivity (Wildman–Crippen MR) is 50.7 cm³/mol. The van der Waals surface area contributed by atoms with Crippen molar-refractivity contribution in [1.82, 2.24) is 0 Å². The van der Waals surface area contributed by atoms with Crippen LogP contribution in [0.1, 0.15) is 5.56 Å². The van der Waals surface area contributed by atoms with Crippen LogP contribution in [0.25, 0.3) is 0 Å². The Bertz CT molecular complexity index is 488. The molecule has 0 saturated carbocycles. The van der Waals surface area contributed by atoms with E-state index in [1.54, 1.807) is 0 Å². The number of carbonyl (C=O) groups excluding carboxylic acids is 1. The van der Waals surface area contributed by atoms with Crippen molar-refractivity contribution >= 4 is 5.78 Å². The summed E-state index contributed by atoms with van der Waals surface area (Å²) in [5.74, 6) is -9.13. The second-order valence-corrected chi connectivity index (χ2v) is 3.91. The molecule has 0 unspecified atom stereocenters. The Labute approximate surface area is 107 Å². The summed E-state index contributed by atoms with van der Waals surface area (Å²) in [6.07, 6.45) is -12.9. The van der Waals surface area contributed by atoms with Crippen LogP contribution in [0.5, 0.6) is 0 Å². The average Bonchev–Trinajstić information content (AvgIpc) is 2.18. The van der Waals surface area contributed by atoms with E-state index < -0.39 is 47.7 Å². The summed E-state index contributed by atoms with van der Waals surface area (Å²) >= 11 is 0. The Morgan fingerprint density at radius 1 is 0.950 bits per heavy atom. The fraction of sp³-hybridized carbons (Fsp3) is 0.364. The molecule has 112 valence electrons. The molecule has 9 heteroatoms. The van der Waals surface area contributed by atoms with Gasteiger partial charge in [-0.25, -0.2) is 8.78 Å². The van der Waals surface area contributed by atoms with Gasteiger partial charge in [0.2, 0.25) is 5.92 Å². The van der Waals surface area contributed by atoms with Gasteiger partial charge in [-0.3, -0.25) is 4.79 Å². The Balaban J connectivity index is 3.00. The maximum atomic E-state index is 12.8. The molecular formula is C11H6F8O. The van der Waals surface area contributed by atoms with Gasteiger partial charge in [0.1, 0.15) is 0 Å². The van der Waals surface area contributed by atoms with Gasteiger partial charge < -0.3 is 0 Å². The minimum absolute atomic E-state index is 0.372. The Morgan fingerprint density at radius 3 is 1.85 bits per heavy atom. The monoisotopic (exact) mass is 306 g/mol. The normalized spacial score (nSPS) is 12.8. The van der Waals surface area contributed by atoms with Crippen molar-refractivity contribution in [2.24, 2.45) is 5.92 Å². The minimum Gasteiger partial charge on any atom is -0.298 e. The predicted octanol–water partition coefficient (Wildman–Crippen LogP) is 3.82. The number of ketones is 1. The van der Waals surface area contributed by atoms with E-state index in [0.29, 0.717) is 12.1 Å². The average molecular weight is 306 g/mol. The zero-order valence-corrected chi connectivity index (χ0v) is 9.45. The molecule has 0 aliphatic rings. The van der Waals surface area contributed by atoms with Gasteiger partial charge in [0.05, 0.1) is 0 Å². The first kappa shape index (κ1) is 16.4. The largest absolute Gasteiger partial charge is 0.407 e. The van der Waals surface area contributed by atoms with Crippen LogP contribution in [0.3, 0.4) is 0 Å². The molecule has 0 aliphatic heterocycles. The standard InChI is InChI=1S/C11H6F8O/c12-6-2-1-5(3-7(6)13)4-8(20)9(10(14,15)16)11(17,18)19/h1-3,9H,4H2. The van der Waals surface area contributed by atoms with Gasteiger partial charge in [-0.1, -0.05) is 6.07 Å². The van der Waals surface area contributed by atoms with Gasteiger partial charge in [-0.15, -0.1) is 0 Å². The van der Waals surface area contributed by atoms with Crippen LogP contribution >= 0.6 is 0 Å². The number of hydrogen-bond donors (Lipinski definition) is 0. The minimum atomic E-state index is -5.80. The summed E-state index contributed by atoms with van der Waals surface area (Å²) in [6, 6.07) is 1.62. The van der Waals surface area contributed by atoms with Crippen LogP contribution in [0, 0.1) is 17.6 Å². The molecular weight excluding hydrogens is 300 g/mol. The number of Topliss-reactive ketones (excluding diaryl/α,β-unsaturated/α-hetero) is 1. The number of alkyl halides is 6. The van der Waals surface area contributed by atoms with E-state index in [0.717, 1.165) is 6.07 Å². The van der Waals surface area contributed by atoms with Gasteiger partial charge in [0.25, 0.3) is 0 Å². The van der Waals surface area contributed by atoms with Crippen molar-refractivity contribution in [3.8, 4) is 0 Å². The molecule has 0 radical (unpaired) electrons. The molecule has 0 bridgehead atoms. The van der Waals surface area contributed by atoms with Crippen LogP contribution in [0.15, 0.2) is 18.2 Å². The number of halogens is 8. The lowest BCUT2D eigenvalue weighted by Crippen LogP contribution is -2.43. The van der Waals surface area contributed by atoms with Gasteiger partial charge >= 0.3 is 12.4 Å². The van der Waals surface area contributed by atoms with Gasteiger partial charge in [-0.05, 0) is 17.7 Å². The van der Waals surface area contributed by atoms with Gasteiger partial charge in [0.15, 0.2) is 17.4 Å². The van der Waals surface area contributed by atoms with E-state index in [4.69, 9.17) is 0 Å². The maximum absolute atomic E-state index is 12.8. The van der Waals surface area contributed by atoms with E-state index >= 15 is 0 Å². The molecule has 0 amide bonds. The number of carbonyl (C=O) groups is 1. The summed E-state index contributed by atoms with van der Waals surface area (Å²) in [5.41, 5.74) is -0.479. The summed E-state index contributed by atoms with van der Waals surface area (Å²) in [6.45, 7) is 0. The second kappa shape index (κ2) is 5.37. The zero-order chi connectivity index (χ0) is 15.7. The Hall–Kier alpha value is -1.67. The lowest BCUT2D eigenvalue weighted by molar-refractivity contribution is -0.273. The number of hydrogen-bond acceptors (Lipinski definition) is 1. The fourth-order valence-electron chi connectivity index (χ4n) is 1.50. The smallest absolute Gasteiger partial charge is 0.298 e. The maximum Gasteiger partial charge on any atom is 0.407 e. The third kappa shape index (κ3) is 3.91. The quantitative estimate of drug-likeness (QED) is 0.776. The van der Waals surface area contributed by atoms with Crippen LogP contribution in [0.4, 0.5) is 35.1 Å². The molecule has 0 atom stereocenters. The Kier molecular flexibility index (Phi) is 4.40. The molecule has 1 aromatic carbocycles. The molecule has 1 nitrogen and oxygen atoms in total. The molecule has 0 aliphatic carbocycles. The first-order valence-corrected chi connectivity index (χ1v) is 5.03. The molecule has 0 saturated heterocycles. The van der Waals surface area contributed by atoms with Crippen LogP contribution < -0.4 is 0 Å². The SMILES string of the molecule is O=C(Cc1ccc(F)c(F)c1)C(C(F)(F)F)C(F)(F)F. The molecule has 0 aromatic heterocycles. The highest BCUT2D eigenvalue weighted by atomic mass is 19.4. The van der Waals surface area contributed by atoms with E-state index in [9.17, 15) is 39.9 Å². The van der Waals surface area contributed by atoms with Crippen LogP contribution in [-0.4, -0.2) is 18.1 Å². The van der Waals surface area contributed by atoms with Gasteiger partial charge in [0, 0.05) is 6.42 Å². The van der Waals surface area contributed by atoms with Crippen LogP contribution in [-0.2, 0) is 11.2 Å². The first-order chi connectivity index (χ1) is 8.93. The molecule has 1 rings (SSSR count). The van der Waals surface area contributed by atoms with Crippen molar-refractivity contribution in [2.45, 2.75) is 18.8 Å². The summed E-state index contributed by atoms with van der Waals surface area (Å²) in [7, 11) is 0. The lowest BCUT2D eigenvalue weighted by Gasteiger charge is -2.21. The van der Waals surface area contributed by atoms with E-state index in [1.807, 2.05) is 0 Å². The summed E-state index contributed by atoms with van der Waals surface area (Å²) in [5, 5.41) is 0. The fourth-order valence-corrected chi connectivity index (χ4v) is 1.50. The van der Waals surface area contributed by atoms with Crippen molar-refractivity contribution in [3.63, 3.8) is 0 Å². The number of rotatable bonds is 3. The van der Waals surface area contributed by atoms with Crippen molar-refractivity contribution in [3.05, 3.63) is 35.4 Å². The highest BCUT2D eigenvalue weighted by molar-refractivity contribution is 5.84. The summed E-state index contributed by atoms with van der Waals surface area (Å²) < 4.78 is 98.7. The van der Waals surface area contributed by atoms with E-state index in [2.05, 4.69) is 0 Å². The van der Waals surface area contributed by atoms with Crippen LogP contribution in [0.2, 0.25) is 0 Å². The Morgan fingerprint density at radius 2 is 1.45 bits per heavy atom. The third-order valence-corrected chi connectivity index (χ3v) is 2.34. The topological polar surface area (TPSA) is 17.1 Å². The number of benzene rings is 1.